The highest BCUT2D eigenvalue weighted by Crippen LogP contribution is 2.32. The first-order valence-corrected chi connectivity index (χ1v) is 7.96. The van der Waals surface area contributed by atoms with Gasteiger partial charge < -0.3 is 10.5 Å². The van der Waals surface area contributed by atoms with Gasteiger partial charge in [-0.3, -0.25) is 0 Å². The summed E-state index contributed by atoms with van der Waals surface area (Å²) in [6.45, 7) is 1.12. The Hall–Kier alpha value is -1.00. The number of sulfonamides is 1. The molecule has 0 saturated heterocycles. The van der Waals surface area contributed by atoms with Crippen LogP contribution in [0.25, 0.3) is 0 Å². The van der Waals surface area contributed by atoms with Crippen molar-refractivity contribution in [2.24, 2.45) is 0 Å². The summed E-state index contributed by atoms with van der Waals surface area (Å²) < 4.78 is 68.4. The van der Waals surface area contributed by atoms with Gasteiger partial charge in [0.15, 0.2) is 0 Å². The van der Waals surface area contributed by atoms with Crippen LogP contribution in [0.1, 0.15) is 13.3 Å². The van der Waals surface area contributed by atoms with E-state index in [1.165, 1.54) is 13.2 Å². The lowest BCUT2D eigenvalue weighted by Gasteiger charge is -2.17. The van der Waals surface area contributed by atoms with E-state index in [2.05, 4.69) is 15.9 Å². The third kappa shape index (κ3) is 5.04. The van der Waals surface area contributed by atoms with Gasteiger partial charge in [0, 0.05) is 16.2 Å². The molecule has 0 spiro atoms. The van der Waals surface area contributed by atoms with E-state index < -0.39 is 28.7 Å². The number of hydrogen-bond acceptors (Lipinski definition) is 4. The Labute approximate surface area is 128 Å². The van der Waals surface area contributed by atoms with Crippen molar-refractivity contribution >= 4 is 31.6 Å². The molecule has 3 N–H and O–H groups in total. The molecular formula is C11H14BrF3N2O3S. The molecule has 0 heterocycles. The zero-order valence-corrected chi connectivity index (χ0v) is 13.6. The van der Waals surface area contributed by atoms with Crippen LogP contribution in [0.5, 0.6) is 5.75 Å². The maximum absolute atomic E-state index is 12.3. The predicted molar refractivity (Wildman–Crippen MR) is 75.6 cm³/mol. The van der Waals surface area contributed by atoms with Crippen molar-refractivity contribution in [3.8, 4) is 5.75 Å². The van der Waals surface area contributed by atoms with Crippen molar-refractivity contribution in [2.75, 3.05) is 12.8 Å². The maximum Gasteiger partial charge on any atom is 0.390 e. The number of nitrogens with one attached hydrogen (secondary N) is 1. The number of anilines is 1. The molecule has 0 aromatic heterocycles. The first-order chi connectivity index (χ1) is 9.46. The fraction of sp³-hybridized carbons (Fsp3) is 0.455. The standard InChI is InChI=1S/C11H14BrF3N2O3S/c1-6(5-11(13,14)15)17-21(18,19)10-4-8(16)7(12)3-9(10)20-2/h3-4,6,17H,5,16H2,1-2H3. The number of nitrogen functional groups attached to an aromatic ring is 1. The van der Waals surface area contributed by atoms with E-state index in [1.54, 1.807) is 0 Å². The smallest absolute Gasteiger partial charge is 0.390 e. The molecule has 0 bridgehead atoms. The molecule has 1 aromatic carbocycles. The number of methoxy groups -OCH3 is 1. The first-order valence-electron chi connectivity index (χ1n) is 5.68. The summed E-state index contributed by atoms with van der Waals surface area (Å²) in [5.74, 6) is -0.0252. The Balaban J connectivity index is 3.11. The van der Waals surface area contributed by atoms with Crippen molar-refractivity contribution < 1.29 is 26.3 Å². The third-order valence-corrected chi connectivity index (χ3v) is 4.76. The predicted octanol–water partition coefficient (Wildman–Crippen LogP) is 2.66. The maximum atomic E-state index is 12.3. The summed E-state index contributed by atoms with van der Waals surface area (Å²) in [4.78, 5) is -0.320. The van der Waals surface area contributed by atoms with E-state index in [-0.39, 0.29) is 16.3 Å². The van der Waals surface area contributed by atoms with Gasteiger partial charge in [0.25, 0.3) is 0 Å². The summed E-state index contributed by atoms with van der Waals surface area (Å²) in [7, 11) is -2.94. The molecule has 120 valence electrons. The molecule has 21 heavy (non-hydrogen) atoms. The van der Waals surface area contributed by atoms with Gasteiger partial charge in [-0.2, -0.15) is 13.2 Å². The quantitative estimate of drug-likeness (QED) is 0.757. The minimum Gasteiger partial charge on any atom is -0.495 e. The fourth-order valence-electron chi connectivity index (χ4n) is 1.64. The molecule has 5 nitrogen and oxygen atoms in total. The normalized spacial score (nSPS) is 14.0. The van der Waals surface area contributed by atoms with Crippen molar-refractivity contribution in [1.82, 2.24) is 4.72 Å². The Bertz CT molecular complexity index is 620. The summed E-state index contributed by atoms with van der Waals surface area (Å²) >= 11 is 3.11. The van der Waals surface area contributed by atoms with Crippen molar-refractivity contribution in [2.45, 2.75) is 30.5 Å². The van der Waals surface area contributed by atoms with Crippen molar-refractivity contribution in [1.29, 1.82) is 0 Å². The lowest BCUT2D eigenvalue weighted by Crippen LogP contribution is -2.36. The number of nitrogens with two attached hydrogens (primary N) is 1. The number of ether oxygens (including phenoxy) is 1. The van der Waals surface area contributed by atoms with Crippen LogP contribution in [0.3, 0.4) is 0 Å². The van der Waals surface area contributed by atoms with Crippen LogP contribution in [0.2, 0.25) is 0 Å². The van der Waals surface area contributed by atoms with Crippen LogP contribution >= 0.6 is 15.9 Å². The van der Waals surface area contributed by atoms with Gasteiger partial charge in [-0.15, -0.1) is 0 Å². The van der Waals surface area contributed by atoms with Gasteiger partial charge in [0.05, 0.1) is 13.5 Å². The van der Waals surface area contributed by atoms with E-state index in [1.807, 2.05) is 4.72 Å². The molecule has 1 aromatic rings. The average molecular weight is 391 g/mol. The SMILES string of the molecule is COc1cc(Br)c(N)cc1S(=O)(=O)NC(C)CC(F)(F)F. The zero-order valence-electron chi connectivity index (χ0n) is 11.2. The monoisotopic (exact) mass is 390 g/mol. The first kappa shape index (κ1) is 18.1. The fourth-order valence-corrected chi connectivity index (χ4v) is 3.39. The third-order valence-electron chi connectivity index (χ3n) is 2.47. The zero-order chi connectivity index (χ0) is 16.4. The molecule has 1 rings (SSSR count). The average Bonchev–Trinajstić information content (AvgIpc) is 2.28. The molecular weight excluding hydrogens is 377 g/mol. The highest BCUT2D eigenvalue weighted by atomic mass is 79.9. The van der Waals surface area contributed by atoms with Crippen LogP contribution in [-0.4, -0.2) is 27.7 Å². The minimum absolute atomic E-state index is 0.0252. The number of rotatable bonds is 5. The Kier molecular flexibility index (Phi) is 5.51. The molecule has 10 heteroatoms. The minimum atomic E-state index is -4.47. The van der Waals surface area contributed by atoms with E-state index in [4.69, 9.17) is 10.5 Å². The van der Waals surface area contributed by atoms with Gasteiger partial charge >= 0.3 is 6.18 Å². The van der Waals surface area contributed by atoms with Gasteiger partial charge in [-0.25, -0.2) is 13.1 Å². The molecule has 0 aliphatic rings. The number of alkyl halides is 3. The van der Waals surface area contributed by atoms with E-state index in [0.717, 1.165) is 13.0 Å². The molecule has 0 amide bonds. The van der Waals surface area contributed by atoms with Crippen molar-refractivity contribution in [3.63, 3.8) is 0 Å². The van der Waals surface area contributed by atoms with E-state index in [0.29, 0.717) is 4.47 Å². The van der Waals surface area contributed by atoms with Gasteiger partial charge in [0.1, 0.15) is 10.6 Å². The molecule has 0 aliphatic carbocycles. The summed E-state index contributed by atoms with van der Waals surface area (Å²) in [5.41, 5.74) is 5.72. The lowest BCUT2D eigenvalue weighted by atomic mass is 10.2. The highest BCUT2D eigenvalue weighted by molar-refractivity contribution is 9.10. The second kappa shape index (κ2) is 6.41. The summed E-state index contributed by atoms with van der Waals surface area (Å²) in [6.07, 6.45) is -5.74. The van der Waals surface area contributed by atoms with Crippen LogP contribution < -0.4 is 15.2 Å². The van der Waals surface area contributed by atoms with Crippen LogP contribution in [0.4, 0.5) is 18.9 Å². The Morgan fingerprint density at radius 2 is 2.00 bits per heavy atom. The van der Waals surface area contributed by atoms with Gasteiger partial charge in [-0.05, 0) is 35.0 Å². The summed E-state index contributed by atoms with van der Waals surface area (Å²) in [5, 5.41) is 0. The van der Waals surface area contributed by atoms with E-state index >= 15 is 0 Å². The number of halogens is 4. The molecule has 0 fully saturated rings. The lowest BCUT2D eigenvalue weighted by molar-refractivity contribution is -0.137. The van der Waals surface area contributed by atoms with E-state index in [9.17, 15) is 21.6 Å². The molecule has 1 atom stereocenters. The highest BCUT2D eigenvalue weighted by Gasteiger charge is 2.32. The Morgan fingerprint density at radius 3 is 2.48 bits per heavy atom. The molecule has 1 unspecified atom stereocenters. The van der Waals surface area contributed by atoms with Crippen LogP contribution in [-0.2, 0) is 10.0 Å². The molecule has 0 saturated carbocycles. The Morgan fingerprint density at radius 1 is 1.43 bits per heavy atom. The molecule has 0 radical (unpaired) electrons. The largest absolute Gasteiger partial charge is 0.495 e. The summed E-state index contributed by atoms with van der Waals surface area (Å²) in [6, 6.07) is 1.13. The number of benzene rings is 1. The van der Waals surface area contributed by atoms with Crippen LogP contribution in [0, 0.1) is 0 Å². The molecule has 0 aliphatic heterocycles. The van der Waals surface area contributed by atoms with Crippen molar-refractivity contribution in [3.05, 3.63) is 16.6 Å². The number of hydrogen-bond donors (Lipinski definition) is 2. The second-order valence-corrected chi connectivity index (χ2v) is 6.90. The van der Waals surface area contributed by atoms with Crippen LogP contribution in [0.15, 0.2) is 21.5 Å². The topological polar surface area (TPSA) is 81.4 Å². The van der Waals surface area contributed by atoms with Gasteiger partial charge in [-0.1, -0.05) is 0 Å². The second-order valence-electron chi connectivity index (χ2n) is 4.37. The van der Waals surface area contributed by atoms with Gasteiger partial charge in [0.2, 0.25) is 10.0 Å².